The molecule has 6 heteroatoms. The van der Waals surface area contributed by atoms with E-state index in [9.17, 15) is 13.2 Å². The molecule has 2 aliphatic rings. The molecule has 1 aromatic carbocycles. The smallest absolute Gasteiger partial charge is 0.371 e. The van der Waals surface area contributed by atoms with Gasteiger partial charge in [0.25, 0.3) is 0 Å². The molecule has 0 amide bonds. The van der Waals surface area contributed by atoms with Gasteiger partial charge in [-0.1, -0.05) is 0 Å². The van der Waals surface area contributed by atoms with Crippen LogP contribution in [0.2, 0.25) is 0 Å². The van der Waals surface area contributed by atoms with Gasteiger partial charge in [0.1, 0.15) is 0 Å². The largest absolute Gasteiger partial charge is 0.416 e. The average Bonchev–Trinajstić information content (AvgIpc) is 3.08. The Hall–Kier alpha value is -1.74. The van der Waals surface area contributed by atoms with Gasteiger partial charge in [0.15, 0.2) is 0 Å². The number of alkyl halides is 3. The van der Waals surface area contributed by atoms with E-state index in [1.54, 1.807) is 6.07 Å². The molecule has 23 heavy (non-hydrogen) atoms. The van der Waals surface area contributed by atoms with Gasteiger partial charge < -0.3 is 9.80 Å². The number of likely N-dealkylation sites (tertiary alicyclic amines) is 1. The standard InChI is InChI=1S/C17H20F3N3/c18-17(19,20)14-9-13(12-21)10-16(11-14)23-7-3-15(4-8-23)22-5-1-2-6-22/h9-11,15H,1-8H2. The van der Waals surface area contributed by atoms with Crippen LogP contribution < -0.4 is 4.90 Å². The first-order valence-corrected chi connectivity index (χ1v) is 8.09. The second-order valence-corrected chi connectivity index (χ2v) is 6.34. The molecule has 3 rings (SSSR count). The van der Waals surface area contributed by atoms with Gasteiger partial charge >= 0.3 is 6.18 Å². The van der Waals surface area contributed by atoms with E-state index in [2.05, 4.69) is 4.90 Å². The van der Waals surface area contributed by atoms with Crippen molar-refractivity contribution in [2.45, 2.75) is 37.9 Å². The van der Waals surface area contributed by atoms with Crippen LogP contribution in [0.1, 0.15) is 36.8 Å². The highest BCUT2D eigenvalue weighted by Gasteiger charge is 2.32. The van der Waals surface area contributed by atoms with E-state index in [1.807, 2.05) is 11.0 Å². The Labute approximate surface area is 134 Å². The molecule has 0 radical (unpaired) electrons. The van der Waals surface area contributed by atoms with Crippen molar-refractivity contribution in [2.75, 3.05) is 31.1 Å². The molecule has 2 saturated heterocycles. The quantitative estimate of drug-likeness (QED) is 0.832. The number of benzene rings is 1. The van der Waals surface area contributed by atoms with Crippen molar-refractivity contribution in [2.24, 2.45) is 0 Å². The molecule has 2 fully saturated rings. The summed E-state index contributed by atoms with van der Waals surface area (Å²) in [5.41, 5.74) is -0.166. The highest BCUT2D eigenvalue weighted by atomic mass is 19.4. The highest BCUT2D eigenvalue weighted by molar-refractivity contribution is 5.55. The van der Waals surface area contributed by atoms with E-state index in [0.717, 1.165) is 51.2 Å². The summed E-state index contributed by atoms with van der Waals surface area (Å²) >= 11 is 0. The number of nitrogens with zero attached hydrogens (tertiary/aromatic N) is 3. The summed E-state index contributed by atoms with van der Waals surface area (Å²) in [4.78, 5) is 4.48. The van der Waals surface area contributed by atoms with Crippen molar-refractivity contribution >= 4 is 5.69 Å². The zero-order valence-corrected chi connectivity index (χ0v) is 12.9. The number of nitriles is 1. The molecule has 0 bridgehead atoms. The Balaban J connectivity index is 1.73. The Bertz CT molecular complexity index is 592. The fourth-order valence-corrected chi connectivity index (χ4v) is 3.62. The van der Waals surface area contributed by atoms with Crippen LogP contribution in [0.3, 0.4) is 0 Å². The Morgan fingerprint density at radius 2 is 1.65 bits per heavy atom. The third kappa shape index (κ3) is 3.61. The third-order valence-electron chi connectivity index (χ3n) is 4.86. The summed E-state index contributed by atoms with van der Waals surface area (Å²) in [6.07, 6.45) is 0.0183. The van der Waals surface area contributed by atoms with Crippen LogP contribution in [-0.2, 0) is 6.18 Å². The monoisotopic (exact) mass is 323 g/mol. The minimum atomic E-state index is -4.42. The zero-order chi connectivity index (χ0) is 16.4. The Morgan fingerprint density at radius 3 is 2.22 bits per heavy atom. The van der Waals surface area contributed by atoms with Gasteiger partial charge in [-0.15, -0.1) is 0 Å². The van der Waals surface area contributed by atoms with Crippen LogP contribution in [0.25, 0.3) is 0 Å². The van der Waals surface area contributed by atoms with Crippen molar-refractivity contribution < 1.29 is 13.2 Å². The molecule has 0 atom stereocenters. The summed E-state index contributed by atoms with van der Waals surface area (Å²) in [5, 5.41) is 8.99. The maximum absolute atomic E-state index is 13.0. The molecular weight excluding hydrogens is 303 g/mol. The van der Waals surface area contributed by atoms with E-state index < -0.39 is 11.7 Å². The molecule has 3 nitrogen and oxygen atoms in total. The van der Waals surface area contributed by atoms with Crippen LogP contribution in [0.4, 0.5) is 18.9 Å². The number of hydrogen-bond acceptors (Lipinski definition) is 3. The topological polar surface area (TPSA) is 30.3 Å². The highest BCUT2D eigenvalue weighted by Crippen LogP contribution is 2.34. The predicted molar refractivity (Wildman–Crippen MR) is 82.2 cm³/mol. The second-order valence-electron chi connectivity index (χ2n) is 6.34. The van der Waals surface area contributed by atoms with Crippen LogP contribution in [0.5, 0.6) is 0 Å². The first-order valence-electron chi connectivity index (χ1n) is 8.09. The van der Waals surface area contributed by atoms with Crippen molar-refractivity contribution in [1.82, 2.24) is 4.90 Å². The molecule has 2 aliphatic heterocycles. The SMILES string of the molecule is N#Cc1cc(N2CCC(N3CCCC3)CC2)cc(C(F)(F)F)c1. The van der Waals surface area contributed by atoms with Crippen molar-refractivity contribution in [1.29, 1.82) is 5.26 Å². The normalized spacial score (nSPS) is 20.7. The van der Waals surface area contributed by atoms with Crippen LogP contribution in [0.15, 0.2) is 18.2 Å². The first-order chi connectivity index (χ1) is 11.0. The molecule has 1 aromatic rings. The fraction of sp³-hybridized carbons (Fsp3) is 0.588. The average molecular weight is 323 g/mol. The van der Waals surface area contributed by atoms with Crippen LogP contribution >= 0.6 is 0 Å². The summed E-state index contributed by atoms with van der Waals surface area (Å²) < 4.78 is 38.9. The lowest BCUT2D eigenvalue weighted by molar-refractivity contribution is -0.137. The van der Waals surface area contributed by atoms with E-state index >= 15 is 0 Å². The molecule has 124 valence electrons. The van der Waals surface area contributed by atoms with Crippen LogP contribution in [-0.4, -0.2) is 37.1 Å². The minimum absolute atomic E-state index is 0.0662. The van der Waals surface area contributed by atoms with Crippen LogP contribution in [0, 0.1) is 11.3 Å². The maximum Gasteiger partial charge on any atom is 0.416 e. The van der Waals surface area contributed by atoms with Crippen molar-refractivity contribution in [3.63, 3.8) is 0 Å². The number of hydrogen-bond donors (Lipinski definition) is 0. The second kappa shape index (κ2) is 6.40. The summed E-state index contributed by atoms with van der Waals surface area (Å²) in [5.74, 6) is 0. The lowest BCUT2D eigenvalue weighted by Gasteiger charge is -2.38. The van der Waals surface area contributed by atoms with Crippen molar-refractivity contribution in [3.05, 3.63) is 29.3 Å². The van der Waals surface area contributed by atoms with Gasteiger partial charge in [0.05, 0.1) is 17.2 Å². The third-order valence-corrected chi connectivity index (χ3v) is 4.86. The molecule has 2 heterocycles. The number of halogens is 3. The van der Waals surface area contributed by atoms with E-state index in [-0.39, 0.29) is 5.56 Å². The van der Waals surface area contributed by atoms with E-state index in [1.165, 1.54) is 12.8 Å². The molecule has 0 aromatic heterocycles. The molecule has 0 saturated carbocycles. The predicted octanol–water partition coefficient (Wildman–Crippen LogP) is 3.64. The van der Waals surface area contributed by atoms with E-state index in [0.29, 0.717) is 11.7 Å². The Morgan fingerprint density at radius 1 is 1.00 bits per heavy atom. The lowest BCUT2D eigenvalue weighted by atomic mass is 10.0. The van der Waals surface area contributed by atoms with Gasteiger partial charge in [-0.3, -0.25) is 0 Å². The number of rotatable bonds is 2. The molecule has 0 spiro atoms. The van der Waals surface area contributed by atoms with Gasteiger partial charge in [-0.05, 0) is 57.0 Å². The summed E-state index contributed by atoms with van der Waals surface area (Å²) in [6, 6.07) is 6.03. The van der Waals surface area contributed by atoms with Gasteiger partial charge in [0, 0.05) is 24.8 Å². The summed E-state index contributed by atoms with van der Waals surface area (Å²) in [6.45, 7) is 3.78. The molecule has 0 N–H and O–H groups in total. The van der Waals surface area contributed by atoms with Gasteiger partial charge in [-0.2, -0.15) is 18.4 Å². The molecular formula is C17H20F3N3. The Kier molecular flexibility index (Phi) is 4.49. The number of piperidine rings is 1. The fourth-order valence-electron chi connectivity index (χ4n) is 3.62. The van der Waals surface area contributed by atoms with Gasteiger partial charge in [-0.25, -0.2) is 0 Å². The minimum Gasteiger partial charge on any atom is -0.371 e. The zero-order valence-electron chi connectivity index (χ0n) is 12.9. The van der Waals surface area contributed by atoms with Crippen molar-refractivity contribution in [3.8, 4) is 6.07 Å². The van der Waals surface area contributed by atoms with E-state index in [4.69, 9.17) is 5.26 Å². The molecule has 0 unspecified atom stereocenters. The first kappa shape index (κ1) is 16.1. The maximum atomic E-state index is 13.0. The lowest BCUT2D eigenvalue weighted by Crippen LogP contribution is -2.43. The molecule has 0 aliphatic carbocycles. The van der Waals surface area contributed by atoms with Gasteiger partial charge in [0.2, 0.25) is 0 Å². The number of anilines is 1. The summed E-state index contributed by atoms with van der Waals surface area (Å²) in [7, 11) is 0.